The van der Waals surface area contributed by atoms with Gasteiger partial charge < -0.3 is 14.0 Å². The van der Waals surface area contributed by atoms with Gasteiger partial charge in [0.1, 0.15) is 5.82 Å². The van der Waals surface area contributed by atoms with Crippen molar-refractivity contribution in [1.82, 2.24) is 9.55 Å². The Labute approximate surface area is 171 Å². The molecule has 0 saturated heterocycles. The molecule has 2 heterocycles. The molecular weight excluding hydrogens is 387 g/mol. The number of pyridine rings is 2. The molecular formula is C23H17FN2O4. The van der Waals surface area contributed by atoms with Gasteiger partial charge in [0.25, 0.3) is 6.47 Å². The first kappa shape index (κ1) is 19.3. The number of halogens is 1. The van der Waals surface area contributed by atoms with Crippen LogP contribution in [0.1, 0.15) is 5.56 Å². The zero-order chi connectivity index (χ0) is 21.1. The van der Waals surface area contributed by atoms with Crippen LogP contribution in [0.15, 0.2) is 71.8 Å². The van der Waals surface area contributed by atoms with Crippen LogP contribution in [-0.4, -0.2) is 23.1 Å². The largest absolute Gasteiger partial charge is 0.481 e. The van der Waals surface area contributed by atoms with Crippen molar-refractivity contribution in [3.05, 3.63) is 88.6 Å². The molecule has 0 N–H and O–H groups in total. The van der Waals surface area contributed by atoms with Crippen LogP contribution < -0.4 is 14.9 Å². The number of ether oxygens (including phenoxy) is 2. The lowest BCUT2D eigenvalue weighted by molar-refractivity contribution is -0.120. The molecule has 0 aliphatic rings. The molecule has 0 fully saturated rings. The summed E-state index contributed by atoms with van der Waals surface area (Å²) in [6.45, 7) is 0.470. The molecule has 0 amide bonds. The Morgan fingerprint density at radius 1 is 1.07 bits per heavy atom. The first-order valence-electron chi connectivity index (χ1n) is 9.12. The first-order chi connectivity index (χ1) is 14.6. The van der Waals surface area contributed by atoms with Gasteiger partial charge in [0.2, 0.25) is 11.3 Å². The number of methoxy groups -OCH3 is 1. The van der Waals surface area contributed by atoms with Crippen LogP contribution in [0.2, 0.25) is 0 Å². The Morgan fingerprint density at radius 3 is 2.50 bits per heavy atom. The number of benzene rings is 2. The van der Waals surface area contributed by atoms with Gasteiger partial charge in [-0.1, -0.05) is 30.3 Å². The SMILES string of the molecule is COc1ccc(-c2ccc(Cn3cc(OC=O)c(=O)c4cccc(F)c43)cc2)cn1. The smallest absolute Gasteiger partial charge is 0.298 e. The Morgan fingerprint density at radius 2 is 1.83 bits per heavy atom. The van der Waals surface area contributed by atoms with E-state index in [4.69, 9.17) is 9.47 Å². The van der Waals surface area contributed by atoms with Crippen molar-refractivity contribution >= 4 is 17.4 Å². The number of rotatable bonds is 6. The van der Waals surface area contributed by atoms with Crippen molar-refractivity contribution in [1.29, 1.82) is 0 Å². The summed E-state index contributed by atoms with van der Waals surface area (Å²) >= 11 is 0. The minimum atomic E-state index is -0.532. The van der Waals surface area contributed by atoms with Crippen molar-refractivity contribution in [3.8, 4) is 22.8 Å². The first-order valence-corrected chi connectivity index (χ1v) is 9.12. The monoisotopic (exact) mass is 404 g/mol. The molecule has 0 atom stereocenters. The maximum absolute atomic E-state index is 14.5. The van der Waals surface area contributed by atoms with Crippen molar-refractivity contribution in [2.75, 3.05) is 7.11 Å². The van der Waals surface area contributed by atoms with E-state index in [1.807, 2.05) is 30.3 Å². The summed E-state index contributed by atoms with van der Waals surface area (Å²) in [6.07, 6.45) is 3.07. The lowest BCUT2D eigenvalue weighted by Crippen LogP contribution is -2.14. The fourth-order valence-corrected chi connectivity index (χ4v) is 3.32. The molecule has 6 nitrogen and oxygen atoms in total. The molecule has 0 radical (unpaired) electrons. The summed E-state index contributed by atoms with van der Waals surface area (Å²) in [7, 11) is 1.56. The summed E-state index contributed by atoms with van der Waals surface area (Å²) in [4.78, 5) is 27.4. The predicted octanol–water partition coefficient (Wildman–Crippen LogP) is 3.79. The highest BCUT2D eigenvalue weighted by Gasteiger charge is 2.14. The van der Waals surface area contributed by atoms with Crippen molar-refractivity contribution in [2.45, 2.75) is 6.54 Å². The third kappa shape index (κ3) is 3.65. The number of fused-ring (bicyclic) bond motifs is 1. The highest BCUT2D eigenvalue weighted by atomic mass is 19.1. The topological polar surface area (TPSA) is 70.4 Å². The fraction of sp³-hybridized carbons (Fsp3) is 0.0870. The maximum atomic E-state index is 14.5. The molecule has 4 rings (SSSR count). The van der Waals surface area contributed by atoms with Crippen LogP contribution in [0, 0.1) is 5.82 Å². The third-order valence-electron chi connectivity index (χ3n) is 4.78. The molecule has 0 bridgehead atoms. The number of nitrogens with zero attached hydrogens (tertiary/aromatic N) is 2. The normalized spacial score (nSPS) is 10.7. The van der Waals surface area contributed by atoms with E-state index in [0.717, 1.165) is 16.7 Å². The van der Waals surface area contributed by atoms with E-state index in [1.54, 1.807) is 23.9 Å². The van der Waals surface area contributed by atoms with Gasteiger partial charge in [-0.05, 0) is 29.3 Å². The van der Waals surface area contributed by atoms with E-state index in [0.29, 0.717) is 5.88 Å². The molecule has 30 heavy (non-hydrogen) atoms. The van der Waals surface area contributed by atoms with Crippen molar-refractivity contribution in [2.24, 2.45) is 0 Å². The summed E-state index contributed by atoms with van der Waals surface area (Å²) in [5.74, 6) is -0.136. The molecule has 0 unspecified atom stereocenters. The number of para-hydroxylation sites is 1. The zero-order valence-corrected chi connectivity index (χ0v) is 16.0. The second kappa shape index (κ2) is 8.16. The number of hydrogen-bond acceptors (Lipinski definition) is 5. The quantitative estimate of drug-likeness (QED) is 0.457. The molecule has 2 aromatic heterocycles. The van der Waals surface area contributed by atoms with E-state index in [-0.39, 0.29) is 29.7 Å². The molecule has 0 saturated carbocycles. The van der Waals surface area contributed by atoms with Crippen molar-refractivity contribution < 1.29 is 18.7 Å². The standard InChI is InChI=1S/C23H17FN2O4/c1-29-21-10-9-17(11-25-21)16-7-5-15(6-8-16)12-26-13-20(30-14-27)23(28)18-3-2-4-19(24)22(18)26/h2-11,13-14H,12H2,1H3. The number of aromatic nitrogens is 2. The van der Waals surface area contributed by atoms with Crippen LogP contribution in [-0.2, 0) is 11.3 Å². The summed E-state index contributed by atoms with van der Waals surface area (Å²) < 4.78 is 25.9. The van der Waals surface area contributed by atoms with Gasteiger partial charge in [-0.15, -0.1) is 0 Å². The lowest BCUT2D eigenvalue weighted by Gasteiger charge is -2.14. The van der Waals surface area contributed by atoms with Crippen LogP contribution in [0.25, 0.3) is 22.0 Å². The Hall–Kier alpha value is -4.00. The number of carbonyl (C=O) groups is 1. The van der Waals surface area contributed by atoms with Crippen LogP contribution in [0.5, 0.6) is 11.6 Å². The van der Waals surface area contributed by atoms with Gasteiger partial charge in [0.05, 0.1) is 24.2 Å². The summed E-state index contributed by atoms with van der Waals surface area (Å²) in [5, 5.41) is 0.148. The maximum Gasteiger partial charge on any atom is 0.298 e. The molecule has 7 heteroatoms. The average Bonchev–Trinajstić information content (AvgIpc) is 2.77. The molecule has 4 aromatic rings. The molecule has 2 aromatic carbocycles. The second-order valence-electron chi connectivity index (χ2n) is 6.59. The molecule has 0 aliphatic carbocycles. The highest BCUT2D eigenvalue weighted by Crippen LogP contribution is 2.23. The van der Waals surface area contributed by atoms with Gasteiger partial charge in [0, 0.05) is 24.4 Å². The van der Waals surface area contributed by atoms with Gasteiger partial charge >= 0.3 is 0 Å². The Bertz CT molecular complexity index is 1270. The van der Waals surface area contributed by atoms with Crippen LogP contribution in [0.3, 0.4) is 0 Å². The molecule has 150 valence electrons. The highest BCUT2D eigenvalue weighted by molar-refractivity contribution is 5.81. The number of hydrogen-bond donors (Lipinski definition) is 0. The Kier molecular flexibility index (Phi) is 5.26. The van der Waals surface area contributed by atoms with E-state index < -0.39 is 11.2 Å². The minimum absolute atomic E-state index is 0.148. The van der Waals surface area contributed by atoms with Gasteiger partial charge in [0.15, 0.2) is 5.75 Å². The Balaban J connectivity index is 1.70. The second-order valence-corrected chi connectivity index (χ2v) is 6.59. The van der Waals surface area contributed by atoms with E-state index in [1.165, 1.54) is 24.4 Å². The van der Waals surface area contributed by atoms with Crippen molar-refractivity contribution in [3.63, 3.8) is 0 Å². The fourth-order valence-electron chi connectivity index (χ4n) is 3.32. The van der Waals surface area contributed by atoms with Gasteiger partial charge in [-0.25, -0.2) is 9.37 Å². The summed E-state index contributed by atoms with van der Waals surface area (Å²) in [5.41, 5.74) is 2.41. The molecule has 0 spiro atoms. The van der Waals surface area contributed by atoms with Crippen LogP contribution in [0.4, 0.5) is 4.39 Å². The zero-order valence-electron chi connectivity index (χ0n) is 16.0. The number of carbonyl (C=O) groups excluding carboxylic acids is 1. The van der Waals surface area contributed by atoms with Crippen LogP contribution >= 0.6 is 0 Å². The predicted molar refractivity (Wildman–Crippen MR) is 110 cm³/mol. The van der Waals surface area contributed by atoms with Gasteiger partial charge in [-0.2, -0.15) is 0 Å². The van der Waals surface area contributed by atoms with Gasteiger partial charge in [-0.3, -0.25) is 9.59 Å². The third-order valence-corrected chi connectivity index (χ3v) is 4.78. The van der Waals surface area contributed by atoms with E-state index in [2.05, 4.69) is 4.98 Å². The minimum Gasteiger partial charge on any atom is -0.481 e. The molecule has 0 aliphatic heterocycles. The average molecular weight is 404 g/mol. The summed E-state index contributed by atoms with van der Waals surface area (Å²) in [6, 6.07) is 15.6. The lowest BCUT2D eigenvalue weighted by atomic mass is 10.1. The van der Waals surface area contributed by atoms with E-state index >= 15 is 0 Å². The van der Waals surface area contributed by atoms with E-state index in [9.17, 15) is 14.0 Å².